The Bertz CT molecular complexity index is 956. The van der Waals surface area contributed by atoms with Crippen molar-refractivity contribution in [1.29, 1.82) is 0 Å². The molecule has 0 fully saturated rings. The van der Waals surface area contributed by atoms with Gasteiger partial charge in [0.05, 0.1) is 12.7 Å². The molecule has 1 aliphatic rings. The summed E-state index contributed by atoms with van der Waals surface area (Å²) in [5, 5.41) is 2.95. The molecule has 1 aliphatic heterocycles. The van der Waals surface area contributed by atoms with Gasteiger partial charge in [-0.15, -0.1) is 0 Å². The topological polar surface area (TPSA) is 67.9 Å². The Morgan fingerprint density at radius 3 is 2.42 bits per heavy atom. The number of anilines is 1. The van der Waals surface area contributed by atoms with Crippen molar-refractivity contribution in [3.63, 3.8) is 0 Å². The summed E-state index contributed by atoms with van der Waals surface area (Å²) in [6.07, 6.45) is 2.57. The standard InChI is InChI=1S/C24H27FN2O4/c1-3-4-14-31-15-6-13-27-23(28)21(17-9-11-20(30-2)12-10-17)22(24(27)29)26-19-8-5-7-18(25)16-19/h5,7-12,16,26H,3-4,6,13-15H2,1-2H3. The van der Waals surface area contributed by atoms with Crippen LogP contribution in [0.2, 0.25) is 0 Å². The van der Waals surface area contributed by atoms with Crippen LogP contribution in [-0.2, 0) is 14.3 Å². The number of amides is 2. The normalized spacial score (nSPS) is 13.8. The summed E-state index contributed by atoms with van der Waals surface area (Å²) < 4.78 is 24.4. The van der Waals surface area contributed by atoms with Crippen molar-refractivity contribution in [2.45, 2.75) is 26.2 Å². The van der Waals surface area contributed by atoms with Gasteiger partial charge in [-0.05, 0) is 48.7 Å². The van der Waals surface area contributed by atoms with Crippen LogP contribution in [0.25, 0.3) is 5.57 Å². The predicted octanol–water partition coefficient (Wildman–Crippen LogP) is 4.23. The monoisotopic (exact) mass is 426 g/mol. The van der Waals surface area contributed by atoms with Gasteiger partial charge in [0.15, 0.2) is 0 Å². The maximum absolute atomic E-state index is 13.6. The number of rotatable bonds is 11. The summed E-state index contributed by atoms with van der Waals surface area (Å²) in [5.41, 5.74) is 1.36. The number of ether oxygens (including phenoxy) is 2. The molecule has 3 rings (SSSR count). The SMILES string of the molecule is CCCCOCCCN1C(=O)C(Nc2cccc(F)c2)=C(c2ccc(OC)cc2)C1=O. The first-order chi connectivity index (χ1) is 15.0. The molecule has 0 spiro atoms. The Morgan fingerprint density at radius 1 is 1.00 bits per heavy atom. The fourth-order valence-electron chi connectivity index (χ4n) is 3.30. The lowest BCUT2D eigenvalue weighted by atomic mass is 10.0. The number of halogens is 1. The zero-order chi connectivity index (χ0) is 22.2. The van der Waals surface area contributed by atoms with E-state index in [9.17, 15) is 14.0 Å². The third kappa shape index (κ3) is 5.49. The molecule has 0 aliphatic carbocycles. The second kappa shape index (κ2) is 10.7. The van der Waals surface area contributed by atoms with E-state index in [1.54, 1.807) is 37.4 Å². The first-order valence-corrected chi connectivity index (χ1v) is 10.4. The molecule has 0 atom stereocenters. The number of carbonyl (C=O) groups is 2. The van der Waals surface area contributed by atoms with Crippen LogP contribution < -0.4 is 10.1 Å². The van der Waals surface area contributed by atoms with Crippen molar-refractivity contribution in [1.82, 2.24) is 4.90 Å². The minimum atomic E-state index is -0.436. The number of unbranched alkanes of at least 4 members (excludes halogenated alkanes) is 1. The van der Waals surface area contributed by atoms with Crippen molar-refractivity contribution >= 4 is 23.1 Å². The quantitative estimate of drug-likeness (QED) is 0.430. The summed E-state index contributed by atoms with van der Waals surface area (Å²) in [4.78, 5) is 27.5. The molecular formula is C24H27FN2O4. The molecule has 7 heteroatoms. The minimum absolute atomic E-state index is 0.132. The van der Waals surface area contributed by atoms with Crippen molar-refractivity contribution in [3.05, 3.63) is 65.6 Å². The summed E-state index contributed by atoms with van der Waals surface area (Å²) in [6, 6.07) is 12.7. The largest absolute Gasteiger partial charge is 0.497 e. The van der Waals surface area contributed by atoms with E-state index in [1.165, 1.54) is 23.1 Å². The van der Waals surface area contributed by atoms with Gasteiger partial charge in [0, 0.05) is 25.4 Å². The summed E-state index contributed by atoms with van der Waals surface area (Å²) in [7, 11) is 1.56. The maximum Gasteiger partial charge on any atom is 0.278 e. The van der Waals surface area contributed by atoms with Gasteiger partial charge in [-0.2, -0.15) is 0 Å². The van der Waals surface area contributed by atoms with Gasteiger partial charge in [0.25, 0.3) is 11.8 Å². The highest BCUT2D eigenvalue weighted by molar-refractivity contribution is 6.36. The molecule has 1 N–H and O–H groups in total. The lowest BCUT2D eigenvalue weighted by Gasteiger charge is -2.15. The summed E-state index contributed by atoms with van der Waals surface area (Å²) in [6.45, 7) is 3.48. The molecule has 31 heavy (non-hydrogen) atoms. The Labute approximate surface area is 181 Å². The first-order valence-electron chi connectivity index (χ1n) is 10.4. The van der Waals surface area contributed by atoms with Crippen molar-refractivity contribution in [2.75, 3.05) is 32.2 Å². The van der Waals surface area contributed by atoms with Crippen LogP contribution in [0.3, 0.4) is 0 Å². The second-order valence-electron chi connectivity index (χ2n) is 7.20. The van der Waals surface area contributed by atoms with E-state index >= 15 is 0 Å². The number of methoxy groups -OCH3 is 1. The third-order valence-electron chi connectivity index (χ3n) is 4.95. The molecule has 0 saturated heterocycles. The first kappa shape index (κ1) is 22.5. The lowest BCUT2D eigenvalue weighted by molar-refractivity contribution is -0.137. The number of nitrogens with one attached hydrogen (secondary N) is 1. The fraction of sp³-hybridized carbons (Fsp3) is 0.333. The Morgan fingerprint density at radius 2 is 1.74 bits per heavy atom. The smallest absolute Gasteiger partial charge is 0.278 e. The van der Waals surface area contributed by atoms with E-state index in [0.717, 1.165) is 12.8 Å². The van der Waals surface area contributed by atoms with Crippen LogP contribution >= 0.6 is 0 Å². The highest BCUT2D eigenvalue weighted by Gasteiger charge is 2.38. The number of hydrogen-bond donors (Lipinski definition) is 1. The van der Waals surface area contributed by atoms with Crippen molar-refractivity contribution in [2.24, 2.45) is 0 Å². The minimum Gasteiger partial charge on any atom is -0.497 e. The van der Waals surface area contributed by atoms with Gasteiger partial charge in [-0.3, -0.25) is 14.5 Å². The molecule has 6 nitrogen and oxygen atoms in total. The Kier molecular flexibility index (Phi) is 7.78. The van der Waals surface area contributed by atoms with Gasteiger partial charge in [-0.1, -0.05) is 31.5 Å². The van der Waals surface area contributed by atoms with Gasteiger partial charge < -0.3 is 14.8 Å². The van der Waals surface area contributed by atoms with Gasteiger partial charge in [-0.25, -0.2) is 4.39 Å². The molecule has 2 amide bonds. The molecule has 0 unspecified atom stereocenters. The Hall–Kier alpha value is -3.19. The van der Waals surface area contributed by atoms with Gasteiger partial charge in [0.2, 0.25) is 0 Å². The molecule has 2 aromatic carbocycles. The number of imide groups is 1. The van der Waals surface area contributed by atoms with E-state index in [1.807, 2.05) is 0 Å². The molecule has 0 radical (unpaired) electrons. The Balaban J connectivity index is 1.83. The maximum atomic E-state index is 13.6. The van der Waals surface area contributed by atoms with Gasteiger partial charge in [0.1, 0.15) is 17.3 Å². The van der Waals surface area contributed by atoms with Crippen molar-refractivity contribution in [3.8, 4) is 5.75 Å². The van der Waals surface area contributed by atoms with Crippen LogP contribution in [0.15, 0.2) is 54.2 Å². The van der Waals surface area contributed by atoms with E-state index in [-0.39, 0.29) is 23.7 Å². The third-order valence-corrected chi connectivity index (χ3v) is 4.95. The molecule has 1 heterocycles. The molecule has 0 aromatic heterocycles. The molecule has 2 aromatic rings. The average Bonchev–Trinajstić information content (AvgIpc) is 3.00. The summed E-state index contributed by atoms with van der Waals surface area (Å²) >= 11 is 0. The lowest BCUT2D eigenvalue weighted by Crippen LogP contribution is -2.34. The second-order valence-corrected chi connectivity index (χ2v) is 7.20. The number of nitrogens with zero attached hydrogens (tertiary/aromatic N) is 1. The van der Waals surface area contributed by atoms with Crippen LogP contribution in [0.4, 0.5) is 10.1 Å². The fourth-order valence-corrected chi connectivity index (χ4v) is 3.30. The number of hydrogen-bond acceptors (Lipinski definition) is 5. The molecule has 0 saturated carbocycles. The number of carbonyl (C=O) groups excluding carboxylic acids is 2. The van der Waals surface area contributed by atoms with E-state index < -0.39 is 11.7 Å². The molecule has 0 bridgehead atoms. The van der Waals surface area contributed by atoms with Crippen molar-refractivity contribution < 1.29 is 23.5 Å². The van der Waals surface area contributed by atoms with Crippen LogP contribution in [0, 0.1) is 5.82 Å². The predicted molar refractivity (Wildman–Crippen MR) is 117 cm³/mol. The zero-order valence-corrected chi connectivity index (χ0v) is 17.8. The van der Waals surface area contributed by atoms with E-state index in [2.05, 4.69) is 12.2 Å². The van der Waals surface area contributed by atoms with E-state index in [0.29, 0.717) is 36.6 Å². The van der Waals surface area contributed by atoms with Gasteiger partial charge >= 0.3 is 0 Å². The van der Waals surface area contributed by atoms with Crippen LogP contribution in [-0.4, -0.2) is 43.6 Å². The van der Waals surface area contributed by atoms with E-state index in [4.69, 9.17) is 9.47 Å². The zero-order valence-electron chi connectivity index (χ0n) is 17.8. The van der Waals surface area contributed by atoms with Crippen LogP contribution in [0.1, 0.15) is 31.7 Å². The molecule has 164 valence electrons. The van der Waals surface area contributed by atoms with Crippen LogP contribution in [0.5, 0.6) is 5.75 Å². The summed E-state index contributed by atoms with van der Waals surface area (Å²) in [5.74, 6) is -0.618. The number of benzene rings is 2. The average molecular weight is 426 g/mol. The highest BCUT2D eigenvalue weighted by atomic mass is 19.1. The molecular weight excluding hydrogens is 399 g/mol. The highest BCUT2D eigenvalue weighted by Crippen LogP contribution is 2.31.